The van der Waals surface area contributed by atoms with Crippen LogP contribution in [0.2, 0.25) is 0 Å². The lowest BCUT2D eigenvalue weighted by Crippen LogP contribution is -2.25. The van der Waals surface area contributed by atoms with Crippen LogP contribution in [0.3, 0.4) is 0 Å². The first kappa shape index (κ1) is 17.3. The molecule has 21 heavy (non-hydrogen) atoms. The van der Waals surface area contributed by atoms with E-state index in [0.717, 1.165) is 0 Å². The van der Waals surface area contributed by atoms with Gasteiger partial charge in [-0.05, 0) is 25.0 Å². The van der Waals surface area contributed by atoms with Gasteiger partial charge in [-0.2, -0.15) is 0 Å². The van der Waals surface area contributed by atoms with Crippen LogP contribution in [0.15, 0.2) is 23.1 Å². The highest BCUT2D eigenvalue weighted by Gasteiger charge is 2.16. The van der Waals surface area contributed by atoms with E-state index in [-0.39, 0.29) is 17.9 Å². The Labute approximate surface area is 123 Å². The Hall–Kier alpha value is -1.80. The third kappa shape index (κ3) is 5.24. The molecule has 0 aliphatic carbocycles. The fraction of sp³-hybridized carbons (Fsp3) is 0.462. The molecule has 0 bridgehead atoms. The van der Waals surface area contributed by atoms with E-state index >= 15 is 0 Å². The second-order valence-corrected chi connectivity index (χ2v) is 6.03. The molecule has 0 saturated carbocycles. The minimum absolute atomic E-state index is 0.0259. The highest BCUT2D eigenvalue weighted by molar-refractivity contribution is 7.89. The molecule has 0 fully saturated rings. The van der Waals surface area contributed by atoms with Crippen LogP contribution in [0.4, 0.5) is 0 Å². The molecule has 0 heterocycles. The molecule has 0 spiro atoms. The maximum atomic E-state index is 12.1. The van der Waals surface area contributed by atoms with Crippen molar-refractivity contribution in [2.45, 2.75) is 24.2 Å². The number of carboxylic acid groups (broad SMARTS) is 1. The number of hydrogen-bond acceptors (Lipinski definition) is 5. The first-order valence-corrected chi connectivity index (χ1v) is 7.82. The van der Waals surface area contributed by atoms with Crippen molar-refractivity contribution in [1.29, 1.82) is 0 Å². The quantitative estimate of drug-likeness (QED) is 0.664. The summed E-state index contributed by atoms with van der Waals surface area (Å²) in [4.78, 5) is 10.4. The van der Waals surface area contributed by atoms with Crippen molar-refractivity contribution in [3.05, 3.63) is 18.2 Å². The predicted molar refractivity (Wildman–Crippen MR) is 76.2 cm³/mol. The van der Waals surface area contributed by atoms with E-state index < -0.39 is 16.0 Å². The predicted octanol–water partition coefficient (Wildman–Crippen LogP) is 1.24. The van der Waals surface area contributed by atoms with Gasteiger partial charge < -0.3 is 14.6 Å². The van der Waals surface area contributed by atoms with Crippen LogP contribution in [0.5, 0.6) is 11.5 Å². The van der Waals surface area contributed by atoms with Crippen molar-refractivity contribution in [3.8, 4) is 11.5 Å². The average molecular weight is 317 g/mol. The average Bonchev–Trinajstić information content (AvgIpc) is 2.45. The Balaban J connectivity index is 2.68. The maximum Gasteiger partial charge on any atom is 0.303 e. The topological polar surface area (TPSA) is 102 Å². The number of carboxylic acids is 1. The van der Waals surface area contributed by atoms with Gasteiger partial charge in [-0.15, -0.1) is 0 Å². The SMILES string of the molecule is COc1ccc(S(=O)(=O)NCCCCC(=O)O)cc1OC. The van der Waals surface area contributed by atoms with Gasteiger partial charge in [-0.25, -0.2) is 13.1 Å². The zero-order valence-corrected chi connectivity index (χ0v) is 12.8. The third-order valence-corrected chi connectivity index (χ3v) is 4.23. The van der Waals surface area contributed by atoms with Crippen LogP contribution in [0, 0.1) is 0 Å². The fourth-order valence-corrected chi connectivity index (χ4v) is 2.76. The van der Waals surface area contributed by atoms with Gasteiger partial charge in [0.25, 0.3) is 0 Å². The van der Waals surface area contributed by atoms with Crippen molar-refractivity contribution in [3.63, 3.8) is 0 Å². The van der Waals surface area contributed by atoms with Gasteiger partial charge in [-0.3, -0.25) is 4.79 Å². The van der Waals surface area contributed by atoms with Gasteiger partial charge in [-0.1, -0.05) is 0 Å². The minimum Gasteiger partial charge on any atom is -0.493 e. The Bertz CT molecular complexity index is 584. The van der Waals surface area contributed by atoms with E-state index in [9.17, 15) is 13.2 Å². The smallest absolute Gasteiger partial charge is 0.303 e. The molecule has 0 atom stereocenters. The summed E-state index contributed by atoms with van der Waals surface area (Å²) in [6, 6.07) is 4.30. The highest BCUT2D eigenvalue weighted by atomic mass is 32.2. The van der Waals surface area contributed by atoms with Crippen LogP contribution in [-0.4, -0.2) is 40.3 Å². The summed E-state index contributed by atoms with van der Waals surface area (Å²) in [5.41, 5.74) is 0. The number of sulfonamides is 1. The molecule has 0 radical (unpaired) electrons. The van der Waals surface area contributed by atoms with Crippen molar-refractivity contribution in [2.24, 2.45) is 0 Å². The standard InChI is InChI=1S/C13H19NO6S/c1-19-11-7-6-10(9-12(11)20-2)21(17,18)14-8-4-3-5-13(15)16/h6-7,9,14H,3-5,8H2,1-2H3,(H,15,16). The summed E-state index contributed by atoms with van der Waals surface area (Å²) in [7, 11) is -0.762. The van der Waals surface area contributed by atoms with Crippen molar-refractivity contribution in [2.75, 3.05) is 20.8 Å². The minimum atomic E-state index is -3.65. The Morgan fingerprint density at radius 3 is 2.43 bits per heavy atom. The number of hydrogen-bond donors (Lipinski definition) is 2. The van der Waals surface area contributed by atoms with Crippen LogP contribution in [-0.2, 0) is 14.8 Å². The second-order valence-electron chi connectivity index (χ2n) is 4.27. The highest BCUT2D eigenvalue weighted by Crippen LogP contribution is 2.29. The van der Waals surface area contributed by atoms with E-state index in [0.29, 0.717) is 24.3 Å². The molecular formula is C13H19NO6S. The normalized spacial score (nSPS) is 11.1. The summed E-state index contributed by atoms with van der Waals surface area (Å²) < 4.78 is 36.7. The second kappa shape index (κ2) is 7.84. The van der Waals surface area contributed by atoms with E-state index in [2.05, 4.69) is 4.72 Å². The summed E-state index contributed by atoms with van der Waals surface area (Å²) in [5.74, 6) is -0.123. The zero-order chi connectivity index (χ0) is 15.9. The fourth-order valence-electron chi connectivity index (χ4n) is 1.67. The van der Waals surface area contributed by atoms with Gasteiger partial charge in [0.15, 0.2) is 11.5 Å². The molecule has 0 saturated heterocycles. The molecular weight excluding hydrogens is 298 g/mol. The van der Waals surface area contributed by atoms with Gasteiger partial charge in [0, 0.05) is 19.0 Å². The van der Waals surface area contributed by atoms with Crippen LogP contribution in [0.25, 0.3) is 0 Å². The summed E-state index contributed by atoms with van der Waals surface area (Å²) in [5, 5.41) is 8.49. The lowest BCUT2D eigenvalue weighted by atomic mass is 10.2. The molecule has 0 unspecified atom stereocenters. The number of benzene rings is 1. The summed E-state index contributed by atoms with van der Waals surface area (Å²) >= 11 is 0. The molecule has 1 aromatic carbocycles. The number of ether oxygens (including phenoxy) is 2. The third-order valence-electron chi connectivity index (χ3n) is 2.77. The Morgan fingerprint density at radius 2 is 1.86 bits per heavy atom. The van der Waals surface area contributed by atoms with Crippen molar-refractivity contribution in [1.82, 2.24) is 4.72 Å². The van der Waals surface area contributed by atoms with E-state index in [1.165, 1.54) is 32.4 Å². The Kier molecular flexibility index (Phi) is 6.44. The number of unbranched alkanes of at least 4 members (excludes halogenated alkanes) is 1. The number of rotatable bonds is 9. The van der Waals surface area contributed by atoms with Crippen LogP contribution < -0.4 is 14.2 Å². The first-order valence-electron chi connectivity index (χ1n) is 6.34. The molecule has 0 aliphatic rings. The van der Waals surface area contributed by atoms with E-state index in [4.69, 9.17) is 14.6 Å². The Morgan fingerprint density at radius 1 is 1.19 bits per heavy atom. The first-order chi connectivity index (χ1) is 9.90. The number of aliphatic carboxylic acids is 1. The lowest BCUT2D eigenvalue weighted by molar-refractivity contribution is -0.137. The van der Waals surface area contributed by atoms with E-state index in [1.54, 1.807) is 0 Å². The molecule has 1 aromatic rings. The van der Waals surface area contributed by atoms with Crippen molar-refractivity contribution >= 4 is 16.0 Å². The number of carbonyl (C=O) groups is 1. The molecule has 0 amide bonds. The van der Waals surface area contributed by atoms with Gasteiger partial charge in [0.2, 0.25) is 10.0 Å². The molecule has 2 N–H and O–H groups in total. The van der Waals surface area contributed by atoms with Crippen LogP contribution in [0.1, 0.15) is 19.3 Å². The van der Waals surface area contributed by atoms with Crippen LogP contribution >= 0.6 is 0 Å². The van der Waals surface area contributed by atoms with Gasteiger partial charge >= 0.3 is 5.97 Å². The molecule has 118 valence electrons. The van der Waals surface area contributed by atoms with Gasteiger partial charge in [0.05, 0.1) is 19.1 Å². The summed E-state index contributed by atoms with van der Waals surface area (Å²) in [6.07, 6.45) is 0.903. The summed E-state index contributed by atoms with van der Waals surface area (Å²) in [6.45, 7) is 0.184. The molecule has 8 heteroatoms. The zero-order valence-electron chi connectivity index (χ0n) is 12.0. The molecule has 0 aromatic heterocycles. The molecule has 1 rings (SSSR count). The molecule has 7 nitrogen and oxygen atoms in total. The lowest BCUT2D eigenvalue weighted by Gasteiger charge is -2.10. The maximum absolute atomic E-state index is 12.1. The van der Waals surface area contributed by atoms with E-state index in [1.807, 2.05) is 0 Å². The van der Waals surface area contributed by atoms with Crippen molar-refractivity contribution < 1.29 is 27.8 Å². The monoisotopic (exact) mass is 317 g/mol. The van der Waals surface area contributed by atoms with Gasteiger partial charge in [0.1, 0.15) is 0 Å². The number of nitrogens with one attached hydrogen (secondary N) is 1. The molecule has 0 aliphatic heterocycles. The largest absolute Gasteiger partial charge is 0.493 e. The number of methoxy groups -OCH3 is 2.